The van der Waals surface area contributed by atoms with Gasteiger partial charge in [0, 0.05) is 0 Å². The van der Waals surface area contributed by atoms with E-state index in [1.807, 2.05) is 0 Å². The van der Waals surface area contributed by atoms with Gasteiger partial charge in [0.2, 0.25) is 0 Å². The van der Waals surface area contributed by atoms with Crippen LogP contribution in [0.3, 0.4) is 0 Å². The van der Waals surface area contributed by atoms with E-state index < -0.39 is 5.97 Å². The van der Waals surface area contributed by atoms with Gasteiger partial charge in [0.1, 0.15) is 6.07 Å². The average molecular weight is 150 g/mol. The molecule has 0 rings (SSSR count). The highest BCUT2D eigenvalue weighted by atomic mass is 16.5. The van der Waals surface area contributed by atoms with Crippen LogP contribution in [0.5, 0.6) is 0 Å². The Labute approximate surface area is 64.3 Å². The lowest BCUT2D eigenvalue weighted by Gasteiger charge is -1.94. The second-order valence-electron chi connectivity index (χ2n) is 1.72. The van der Waals surface area contributed by atoms with E-state index in [0.717, 1.165) is 7.11 Å². The van der Waals surface area contributed by atoms with Crippen molar-refractivity contribution in [2.75, 3.05) is 7.11 Å². The molecule has 0 saturated carbocycles. The number of carbonyl (C=O) groups excluding carboxylic acids is 1. The summed E-state index contributed by atoms with van der Waals surface area (Å²) in [4.78, 5) is 10.7. The van der Waals surface area contributed by atoms with E-state index in [2.05, 4.69) is 4.74 Å². The first-order valence-electron chi connectivity index (χ1n) is 2.76. The van der Waals surface area contributed by atoms with Crippen LogP contribution < -0.4 is 0 Å². The Hall–Kier alpha value is -1.81. The number of carbonyl (C=O) groups is 1. The summed E-state index contributed by atoms with van der Waals surface area (Å²) in [6, 6.07) is 3.27. The zero-order chi connectivity index (χ0) is 8.85. The molecule has 0 fully saturated rings. The number of nitriles is 2. The molecule has 0 aliphatic heterocycles. The van der Waals surface area contributed by atoms with Crippen molar-refractivity contribution < 1.29 is 9.53 Å². The van der Waals surface area contributed by atoms with Crippen molar-refractivity contribution in [3.8, 4) is 12.1 Å². The van der Waals surface area contributed by atoms with Gasteiger partial charge in [-0.25, -0.2) is 4.79 Å². The molecule has 0 spiro atoms. The third-order valence-electron chi connectivity index (χ3n) is 1.04. The number of ether oxygens (including phenoxy) is 1. The minimum Gasteiger partial charge on any atom is -0.465 e. The van der Waals surface area contributed by atoms with Crippen molar-refractivity contribution in [1.82, 2.24) is 0 Å². The van der Waals surface area contributed by atoms with E-state index >= 15 is 0 Å². The molecular formula is C7H6N2O2. The van der Waals surface area contributed by atoms with Gasteiger partial charge in [0.15, 0.2) is 5.57 Å². The van der Waals surface area contributed by atoms with E-state index in [1.54, 1.807) is 12.1 Å². The van der Waals surface area contributed by atoms with Crippen LogP contribution in [-0.4, -0.2) is 13.1 Å². The fraction of sp³-hybridized carbons (Fsp3) is 0.286. The summed E-state index contributed by atoms with van der Waals surface area (Å²) in [5, 5.41) is 16.7. The van der Waals surface area contributed by atoms with Crippen molar-refractivity contribution in [3.05, 3.63) is 11.1 Å². The minimum atomic E-state index is -0.772. The standard InChI is InChI=1S/C7H6N2O2/c1-5(3-8)6(4-9)7(10)11-2/h1-2H3/b6-5-. The molecule has 4 heteroatoms. The SMILES string of the molecule is COC(=O)/C(C#N)=C(/C)C#N. The van der Waals surface area contributed by atoms with Gasteiger partial charge in [-0.3, -0.25) is 0 Å². The summed E-state index contributed by atoms with van der Waals surface area (Å²) >= 11 is 0. The predicted molar refractivity (Wildman–Crippen MR) is 35.9 cm³/mol. The van der Waals surface area contributed by atoms with Crippen LogP contribution in [-0.2, 0) is 9.53 Å². The number of esters is 1. The van der Waals surface area contributed by atoms with Gasteiger partial charge in [-0.05, 0) is 6.92 Å². The van der Waals surface area contributed by atoms with Crippen molar-refractivity contribution in [2.45, 2.75) is 6.92 Å². The molecule has 0 aromatic carbocycles. The van der Waals surface area contributed by atoms with E-state index in [1.165, 1.54) is 6.92 Å². The Morgan fingerprint density at radius 1 is 1.36 bits per heavy atom. The van der Waals surface area contributed by atoms with Crippen LogP contribution in [0.4, 0.5) is 0 Å². The quantitative estimate of drug-likeness (QED) is 0.310. The van der Waals surface area contributed by atoms with E-state index in [9.17, 15) is 4.79 Å². The lowest BCUT2D eigenvalue weighted by molar-refractivity contribution is -0.135. The normalized spacial score (nSPS) is 10.5. The van der Waals surface area contributed by atoms with Crippen LogP contribution in [0.15, 0.2) is 11.1 Å². The molecule has 0 heterocycles. The van der Waals surface area contributed by atoms with Crippen molar-refractivity contribution in [2.24, 2.45) is 0 Å². The highest BCUT2D eigenvalue weighted by Crippen LogP contribution is 2.02. The maximum atomic E-state index is 10.7. The van der Waals surface area contributed by atoms with Gasteiger partial charge in [0.05, 0.1) is 18.8 Å². The molecule has 0 radical (unpaired) electrons. The zero-order valence-electron chi connectivity index (χ0n) is 6.21. The van der Waals surface area contributed by atoms with Crippen LogP contribution in [0.25, 0.3) is 0 Å². The Balaban J connectivity index is 4.89. The van der Waals surface area contributed by atoms with Crippen molar-refractivity contribution in [1.29, 1.82) is 10.5 Å². The monoisotopic (exact) mass is 150 g/mol. The van der Waals surface area contributed by atoms with Crippen LogP contribution >= 0.6 is 0 Å². The molecule has 0 aromatic rings. The third-order valence-corrected chi connectivity index (χ3v) is 1.04. The number of allylic oxidation sites excluding steroid dienone is 1. The predicted octanol–water partition coefficient (Wildman–Crippen LogP) is 0.523. The van der Waals surface area contributed by atoms with Crippen molar-refractivity contribution in [3.63, 3.8) is 0 Å². The van der Waals surface area contributed by atoms with Gasteiger partial charge < -0.3 is 4.74 Å². The average Bonchev–Trinajstić information content (AvgIpc) is 2.05. The number of rotatable bonds is 1. The molecule has 0 saturated heterocycles. The minimum absolute atomic E-state index is 0.0688. The fourth-order valence-corrected chi connectivity index (χ4v) is 0.441. The van der Waals surface area contributed by atoms with Gasteiger partial charge in [-0.15, -0.1) is 0 Å². The molecule has 11 heavy (non-hydrogen) atoms. The van der Waals surface area contributed by atoms with Crippen molar-refractivity contribution >= 4 is 5.97 Å². The number of hydrogen-bond acceptors (Lipinski definition) is 4. The highest BCUT2D eigenvalue weighted by molar-refractivity contribution is 5.94. The van der Waals surface area contributed by atoms with E-state index in [0.29, 0.717) is 0 Å². The number of hydrogen-bond donors (Lipinski definition) is 0. The Bertz CT molecular complexity index is 278. The zero-order valence-corrected chi connectivity index (χ0v) is 6.21. The lowest BCUT2D eigenvalue weighted by Crippen LogP contribution is -2.04. The fourth-order valence-electron chi connectivity index (χ4n) is 0.441. The first-order valence-corrected chi connectivity index (χ1v) is 2.76. The molecular weight excluding hydrogens is 144 g/mol. The number of nitrogens with zero attached hydrogens (tertiary/aromatic N) is 2. The third kappa shape index (κ3) is 2.11. The van der Waals surface area contributed by atoms with Gasteiger partial charge in [-0.2, -0.15) is 10.5 Å². The first-order chi connectivity index (χ1) is 5.17. The summed E-state index contributed by atoms with van der Waals surface area (Å²) in [5.74, 6) is -0.772. The molecule has 0 bridgehead atoms. The molecule has 0 atom stereocenters. The molecule has 0 amide bonds. The molecule has 4 nitrogen and oxygen atoms in total. The van der Waals surface area contributed by atoms with Crippen LogP contribution in [0, 0.1) is 22.7 Å². The lowest BCUT2D eigenvalue weighted by atomic mass is 10.2. The largest absolute Gasteiger partial charge is 0.465 e. The molecule has 0 aromatic heterocycles. The van der Waals surface area contributed by atoms with Gasteiger partial charge in [0.25, 0.3) is 0 Å². The summed E-state index contributed by atoms with van der Waals surface area (Å²) < 4.78 is 4.26. The van der Waals surface area contributed by atoms with Crippen LogP contribution in [0.1, 0.15) is 6.92 Å². The molecule has 0 N–H and O–H groups in total. The van der Waals surface area contributed by atoms with E-state index in [4.69, 9.17) is 10.5 Å². The summed E-state index contributed by atoms with van der Waals surface area (Å²) in [6.45, 7) is 1.38. The second-order valence-corrected chi connectivity index (χ2v) is 1.72. The van der Waals surface area contributed by atoms with Gasteiger partial charge >= 0.3 is 5.97 Å². The van der Waals surface area contributed by atoms with Gasteiger partial charge in [-0.1, -0.05) is 0 Å². The summed E-state index contributed by atoms with van der Waals surface area (Å²) in [7, 11) is 1.16. The smallest absolute Gasteiger partial charge is 0.349 e. The Kier molecular flexibility index (Phi) is 3.41. The topological polar surface area (TPSA) is 73.9 Å². The molecule has 56 valence electrons. The summed E-state index contributed by atoms with van der Waals surface area (Å²) in [6.07, 6.45) is 0. The molecule has 0 unspecified atom stereocenters. The molecule has 0 aliphatic rings. The molecule has 0 aliphatic carbocycles. The maximum absolute atomic E-state index is 10.7. The summed E-state index contributed by atoms with van der Waals surface area (Å²) in [5.41, 5.74) is -0.172. The first kappa shape index (κ1) is 9.19. The highest BCUT2D eigenvalue weighted by Gasteiger charge is 2.11. The van der Waals surface area contributed by atoms with Crippen LogP contribution in [0.2, 0.25) is 0 Å². The Morgan fingerprint density at radius 2 is 1.91 bits per heavy atom. The van der Waals surface area contributed by atoms with E-state index in [-0.39, 0.29) is 11.1 Å². The maximum Gasteiger partial charge on any atom is 0.349 e. The number of methoxy groups -OCH3 is 1. The second kappa shape index (κ2) is 4.08. The Morgan fingerprint density at radius 3 is 2.18 bits per heavy atom.